The Bertz CT molecular complexity index is 492. The van der Waals surface area contributed by atoms with Crippen LogP contribution in [0.1, 0.15) is 13.8 Å². The molecular weight excluding hydrogens is 226 g/mol. The van der Waals surface area contributed by atoms with E-state index in [2.05, 4.69) is 10.3 Å². The van der Waals surface area contributed by atoms with Gasteiger partial charge in [0.15, 0.2) is 11.6 Å². The maximum atomic E-state index is 11.3. The van der Waals surface area contributed by atoms with Gasteiger partial charge in [-0.05, 0) is 13.8 Å². The van der Waals surface area contributed by atoms with Crippen molar-refractivity contribution in [2.75, 3.05) is 5.32 Å². The lowest BCUT2D eigenvalue weighted by atomic mass is 10.3. The van der Waals surface area contributed by atoms with E-state index in [0.717, 1.165) is 17.8 Å². The topological polar surface area (TPSA) is 105 Å². The van der Waals surface area contributed by atoms with Crippen LogP contribution in [0.4, 0.5) is 11.5 Å². The Labute approximate surface area is 96.9 Å². The molecule has 0 atom stereocenters. The molecule has 0 bridgehead atoms. The zero-order valence-corrected chi connectivity index (χ0v) is 9.30. The molecule has 0 saturated heterocycles. The summed E-state index contributed by atoms with van der Waals surface area (Å²) in [7, 11) is 0. The number of allylic oxidation sites excluding steroid dienone is 1. The maximum absolute atomic E-state index is 11.3. The molecule has 1 aromatic rings. The van der Waals surface area contributed by atoms with Crippen LogP contribution in [0.15, 0.2) is 23.9 Å². The van der Waals surface area contributed by atoms with Gasteiger partial charge in [0.1, 0.15) is 6.20 Å². The lowest BCUT2D eigenvalue weighted by Crippen LogP contribution is -2.10. The molecule has 0 fully saturated rings. The number of nitrogens with zero attached hydrogens (tertiary/aromatic N) is 2. The predicted octanol–water partition coefficient (Wildman–Crippen LogP) is 1.60. The molecule has 0 aliphatic heterocycles. The highest BCUT2D eigenvalue weighted by atomic mass is 16.6. The van der Waals surface area contributed by atoms with Crippen LogP contribution in [0, 0.1) is 10.1 Å². The van der Waals surface area contributed by atoms with E-state index in [1.807, 2.05) is 0 Å². The van der Waals surface area contributed by atoms with Gasteiger partial charge >= 0.3 is 0 Å². The second-order valence-corrected chi connectivity index (χ2v) is 3.53. The number of carbonyl (C=O) groups excluding carboxylic acids is 1. The smallest absolute Gasteiger partial charge is 0.291 e. The highest BCUT2D eigenvalue weighted by molar-refractivity contribution is 5.99. The van der Waals surface area contributed by atoms with Crippen molar-refractivity contribution in [2.24, 2.45) is 0 Å². The average Bonchev–Trinajstić information content (AvgIpc) is 2.19. The zero-order chi connectivity index (χ0) is 13.0. The molecule has 0 aliphatic carbocycles. The first-order chi connectivity index (χ1) is 7.90. The fraction of sp³-hybridized carbons (Fsp3) is 0.200. The van der Waals surface area contributed by atoms with Gasteiger partial charge in [0.05, 0.1) is 11.0 Å². The summed E-state index contributed by atoms with van der Waals surface area (Å²) in [5, 5.41) is 22.1. The molecule has 0 unspecified atom stereocenters. The zero-order valence-electron chi connectivity index (χ0n) is 9.30. The molecule has 0 spiro atoms. The predicted molar refractivity (Wildman–Crippen MR) is 60.6 cm³/mol. The number of nitrogens with one attached hydrogen (secondary N) is 1. The minimum Gasteiger partial charge on any atom is -0.504 e. The van der Waals surface area contributed by atoms with Crippen molar-refractivity contribution < 1.29 is 14.8 Å². The van der Waals surface area contributed by atoms with Crippen LogP contribution in [-0.4, -0.2) is 20.9 Å². The number of carbonyl (C=O) groups is 1. The largest absolute Gasteiger partial charge is 0.504 e. The molecule has 0 radical (unpaired) electrons. The number of hydrogen-bond acceptors (Lipinski definition) is 5. The number of amides is 1. The highest BCUT2D eigenvalue weighted by Crippen LogP contribution is 2.24. The Hall–Kier alpha value is -2.44. The van der Waals surface area contributed by atoms with Crippen LogP contribution in [-0.2, 0) is 4.79 Å². The van der Waals surface area contributed by atoms with E-state index in [0.29, 0.717) is 0 Å². The first-order valence-corrected chi connectivity index (χ1v) is 4.69. The van der Waals surface area contributed by atoms with E-state index in [-0.39, 0.29) is 11.5 Å². The van der Waals surface area contributed by atoms with Gasteiger partial charge in [-0.25, -0.2) is 4.98 Å². The lowest BCUT2D eigenvalue weighted by molar-refractivity contribution is -0.385. The Morgan fingerprint density at radius 2 is 2.24 bits per heavy atom. The Morgan fingerprint density at radius 1 is 1.59 bits per heavy atom. The van der Waals surface area contributed by atoms with Crippen molar-refractivity contribution in [3.05, 3.63) is 34.0 Å². The van der Waals surface area contributed by atoms with Crippen LogP contribution in [0.25, 0.3) is 0 Å². The number of nitro groups is 1. The first kappa shape index (κ1) is 12.6. The van der Waals surface area contributed by atoms with E-state index >= 15 is 0 Å². The van der Waals surface area contributed by atoms with E-state index in [1.165, 1.54) is 6.08 Å². The number of hydrogen-bond donors (Lipinski definition) is 2. The monoisotopic (exact) mass is 237 g/mol. The van der Waals surface area contributed by atoms with Crippen molar-refractivity contribution in [3.63, 3.8) is 0 Å². The quantitative estimate of drug-likeness (QED) is 0.472. The molecule has 1 heterocycles. The third-order valence-electron chi connectivity index (χ3n) is 1.73. The van der Waals surface area contributed by atoms with E-state index in [9.17, 15) is 20.0 Å². The van der Waals surface area contributed by atoms with Crippen molar-refractivity contribution in [3.8, 4) is 5.75 Å². The summed E-state index contributed by atoms with van der Waals surface area (Å²) in [6, 6.07) is 0.922. The van der Waals surface area contributed by atoms with Gasteiger partial charge in [-0.15, -0.1) is 0 Å². The van der Waals surface area contributed by atoms with Crippen LogP contribution in [0.3, 0.4) is 0 Å². The number of aromatic hydroxyl groups is 1. The molecule has 90 valence electrons. The van der Waals surface area contributed by atoms with Crippen LogP contribution < -0.4 is 5.32 Å². The van der Waals surface area contributed by atoms with E-state index in [4.69, 9.17) is 0 Å². The van der Waals surface area contributed by atoms with Gasteiger partial charge < -0.3 is 10.4 Å². The van der Waals surface area contributed by atoms with Crippen molar-refractivity contribution >= 4 is 17.4 Å². The van der Waals surface area contributed by atoms with E-state index < -0.39 is 16.6 Å². The summed E-state index contributed by atoms with van der Waals surface area (Å²) in [6.45, 7) is 3.48. The van der Waals surface area contributed by atoms with Crippen LogP contribution >= 0.6 is 0 Å². The van der Waals surface area contributed by atoms with Gasteiger partial charge in [0, 0.05) is 6.08 Å². The average molecular weight is 237 g/mol. The molecule has 0 aliphatic rings. The van der Waals surface area contributed by atoms with E-state index in [1.54, 1.807) is 13.8 Å². The SMILES string of the molecule is CC(C)=CC(=O)Nc1ncc([N+](=O)[O-])cc1O. The minimum absolute atomic E-state index is 0.113. The van der Waals surface area contributed by atoms with Gasteiger partial charge in [-0.3, -0.25) is 14.9 Å². The second kappa shape index (κ2) is 5.06. The Morgan fingerprint density at radius 3 is 2.71 bits per heavy atom. The Balaban J connectivity index is 2.90. The van der Waals surface area contributed by atoms with Crippen LogP contribution in [0.5, 0.6) is 5.75 Å². The standard InChI is InChI=1S/C10H11N3O4/c1-6(2)3-9(15)12-10-8(14)4-7(5-11-10)13(16)17/h3-5,14H,1-2H3,(H,11,12,15). The first-order valence-electron chi connectivity index (χ1n) is 4.69. The molecule has 1 rings (SSSR count). The van der Waals surface area contributed by atoms with Gasteiger partial charge in [0.25, 0.3) is 5.69 Å². The number of aromatic nitrogens is 1. The van der Waals surface area contributed by atoms with Crippen LogP contribution in [0.2, 0.25) is 0 Å². The number of anilines is 1. The number of pyridine rings is 1. The molecule has 1 aromatic heterocycles. The molecule has 1 amide bonds. The van der Waals surface area contributed by atoms with Crippen molar-refractivity contribution in [1.82, 2.24) is 4.98 Å². The van der Waals surface area contributed by atoms with Gasteiger partial charge in [-0.1, -0.05) is 5.57 Å². The molecule has 0 aromatic carbocycles. The molecule has 7 heteroatoms. The van der Waals surface area contributed by atoms with Crippen molar-refractivity contribution in [2.45, 2.75) is 13.8 Å². The molecule has 7 nitrogen and oxygen atoms in total. The third kappa shape index (κ3) is 3.56. The van der Waals surface area contributed by atoms with Gasteiger partial charge in [-0.2, -0.15) is 0 Å². The normalized spacial score (nSPS) is 9.53. The summed E-state index contributed by atoms with van der Waals surface area (Å²) in [4.78, 5) is 24.6. The highest BCUT2D eigenvalue weighted by Gasteiger charge is 2.12. The molecule has 17 heavy (non-hydrogen) atoms. The second-order valence-electron chi connectivity index (χ2n) is 3.53. The summed E-state index contributed by atoms with van der Waals surface area (Å²) < 4.78 is 0. The Kier molecular flexibility index (Phi) is 3.76. The fourth-order valence-corrected chi connectivity index (χ4v) is 1.05. The molecule has 2 N–H and O–H groups in total. The fourth-order valence-electron chi connectivity index (χ4n) is 1.05. The van der Waals surface area contributed by atoms with Gasteiger partial charge in [0.2, 0.25) is 5.91 Å². The summed E-state index contributed by atoms with van der Waals surface area (Å²) in [6.07, 6.45) is 2.28. The number of rotatable bonds is 3. The summed E-state index contributed by atoms with van der Waals surface area (Å²) in [5.41, 5.74) is 0.437. The lowest BCUT2D eigenvalue weighted by Gasteiger charge is -2.03. The summed E-state index contributed by atoms with van der Waals surface area (Å²) >= 11 is 0. The molecular formula is C10H11N3O4. The summed E-state index contributed by atoms with van der Waals surface area (Å²) in [5.74, 6) is -1.02. The molecule has 0 saturated carbocycles. The van der Waals surface area contributed by atoms with Crippen molar-refractivity contribution in [1.29, 1.82) is 0 Å². The third-order valence-corrected chi connectivity index (χ3v) is 1.73. The maximum Gasteiger partial charge on any atom is 0.291 e. The minimum atomic E-state index is -0.686.